The van der Waals surface area contributed by atoms with E-state index in [4.69, 9.17) is 4.74 Å². The fraction of sp³-hybridized carbons (Fsp3) is 1.00. The Bertz CT molecular complexity index is 389. The topological polar surface area (TPSA) is 58.9 Å². The predicted octanol–water partition coefficient (Wildman–Crippen LogP) is 6.19. The average molecular weight is 427 g/mol. The zero-order valence-electron chi connectivity index (χ0n) is 19.2. The van der Waals surface area contributed by atoms with Crippen molar-refractivity contribution in [3.8, 4) is 0 Å². The second-order valence-corrected chi connectivity index (χ2v) is 9.99. The van der Waals surface area contributed by atoms with Crippen molar-refractivity contribution in [2.45, 2.75) is 122 Å². The standard InChI is InChI=1S/C23H47BNO3P/c1-2-3-4-5-6-7-8-9-10-11-12-13-14-15-16-17-20-21(19-29-25-27)22(18-26)28-23(20)24/h20-23,26,29H,2-19,24H2,1H3. The Balaban J connectivity index is 1.95. The van der Waals surface area contributed by atoms with E-state index in [0.717, 1.165) is 12.6 Å². The van der Waals surface area contributed by atoms with Crippen LogP contribution in [0.15, 0.2) is 4.95 Å². The first-order chi connectivity index (χ1) is 14.2. The SMILES string of the molecule is BC1OC(CO)C(CPN=O)C1CCCCCCCCCCCCCCCCC. The van der Waals surface area contributed by atoms with E-state index in [1.54, 1.807) is 0 Å². The van der Waals surface area contributed by atoms with Gasteiger partial charge in [0, 0.05) is 6.00 Å². The summed E-state index contributed by atoms with van der Waals surface area (Å²) in [5.74, 6) is 0.779. The third kappa shape index (κ3) is 12.5. The number of hydrogen-bond donors (Lipinski definition) is 1. The highest BCUT2D eigenvalue weighted by Crippen LogP contribution is 2.38. The van der Waals surface area contributed by atoms with Crippen LogP contribution >= 0.6 is 8.73 Å². The molecule has 0 aliphatic carbocycles. The van der Waals surface area contributed by atoms with Crippen molar-refractivity contribution in [1.29, 1.82) is 0 Å². The van der Waals surface area contributed by atoms with Crippen LogP contribution in [0, 0.1) is 16.7 Å². The quantitative estimate of drug-likeness (QED) is 0.109. The molecule has 1 saturated heterocycles. The second kappa shape index (κ2) is 18.8. The van der Waals surface area contributed by atoms with Crippen LogP contribution in [0.1, 0.15) is 110 Å². The monoisotopic (exact) mass is 427 g/mol. The summed E-state index contributed by atoms with van der Waals surface area (Å²) in [7, 11) is 2.22. The van der Waals surface area contributed by atoms with Gasteiger partial charge in [-0.25, -0.2) is 0 Å². The molecule has 1 aliphatic rings. The Morgan fingerprint density at radius 3 is 1.76 bits per heavy atom. The predicted molar refractivity (Wildman–Crippen MR) is 130 cm³/mol. The Morgan fingerprint density at radius 1 is 0.828 bits per heavy atom. The summed E-state index contributed by atoms with van der Waals surface area (Å²) in [6.07, 6.45) is 22.7. The molecule has 1 fully saturated rings. The van der Waals surface area contributed by atoms with Crippen molar-refractivity contribution in [3.05, 3.63) is 4.91 Å². The minimum atomic E-state index is -0.0967. The number of rotatable bonds is 20. The minimum absolute atomic E-state index is 0.0632. The number of ether oxygens (including phenoxy) is 1. The Morgan fingerprint density at radius 2 is 1.31 bits per heavy atom. The molecule has 0 amide bonds. The van der Waals surface area contributed by atoms with Crippen LogP contribution in [0.4, 0.5) is 0 Å². The van der Waals surface area contributed by atoms with Crippen LogP contribution in [0.2, 0.25) is 0 Å². The molecule has 1 aliphatic heterocycles. The number of nitrogens with zero attached hydrogens (tertiary/aromatic N) is 1. The van der Waals surface area contributed by atoms with Gasteiger partial charge in [-0.1, -0.05) is 108 Å². The van der Waals surface area contributed by atoms with Crippen molar-refractivity contribution in [2.24, 2.45) is 16.8 Å². The molecule has 0 radical (unpaired) electrons. The highest BCUT2D eigenvalue weighted by atomic mass is 31.1. The minimum Gasteiger partial charge on any atom is -0.394 e. The maximum Gasteiger partial charge on any atom is 0.139 e. The van der Waals surface area contributed by atoms with Gasteiger partial charge in [-0.3, -0.25) is 0 Å². The third-order valence-corrected chi connectivity index (χ3v) is 7.52. The van der Waals surface area contributed by atoms with Crippen molar-refractivity contribution in [2.75, 3.05) is 12.8 Å². The van der Waals surface area contributed by atoms with E-state index < -0.39 is 0 Å². The van der Waals surface area contributed by atoms with Crippen molar-refractivity contribution >= 4 is 16.6 Å². The lowest BCUT2D eigenvalue weighted by atomic mass is 9.77. The first-order valence-electron chi connectivity index (χ1n) is 12.6. The molecule has 29 heavy (non-hydrogen) atoms. The van der Waals surface area contributed by atoms with Gasteiger partial charge in [0.05, 0.1) is 21.4 Å². The Kier molecular flexibility index (Phi) is 17.5. The second-order valence-electron chi connectivity index (χ2n) is 9.08. The molecule has 0 spiro atoms. The first kappa shape index (κ1) is 27.0. The zero-order valence-corrected chi connectivity index (χ0v) is 20.2. The molecular formula is C23H47BNO3P. The largest absolute Gasteiger partial charge is 0.394 e. The summed E-state index contributed by atoms with van der Waals surface area (Å²) in [6.45, 7) is 2.34. The molecule has 4 nitrogen and oxygen atoms in total. The summed E-state index contributed by atoms with van der Waals surface area (Å²) in [5, 5.41) is 9.54. The van der Waals surface area contributed by atoms with E-state index in [9.17, 15) is 10.0 Å². The van der Waals surface area contributed by atoms with Gasteiger partial charge in [0.15, 0.2) is 0 Å². The maximum absolute atomic E-state index is 10.5. The molecule has 1 N–H and O–H groups in total. The zero-order chi connectivity index (χ0) is 21.2. The molecular weight excluding hydrogens is 380 g/mol. The molecule has 1 rings (SSSR count). The van der Waals surface area contributed by atoms with E-state index in [-0.39, 0.29) is 27.4 Å². The lowest BCUT2D eigenvalue weighted by Crippen LogP contribution is -2.26. The Labute approximate surface area is 182 Å². The van der Waals surface area contributed by atoms with Crippen molar-refractivity contribution < 1.29 is 9.84 Å². The molecule has 170 valence electrons. The van der Waals surface area contributed by atoms with E-state index >= 15 is 0 Å². The van der Waals surface area contributed by atoms with E-state index in [1.165, 1.54) is 96.3 Å². The molecule has 0 aromatic rings. The maximum atomic E-state index is 10.5. The summed E-state index contributed by atoms with van der Waals surface area (Å²) >= 11 is 0. The summed E-state index contributed by atoms with van der Waals surface area (Å²) < 4.78 is 5.92. The molecule has 5 unspecified atom stereocenters. The van der Waals surface area contributed by atoms with Gasteiger partial charge in [-0.2, -0.15) is 0 Å². The number of nitroso groups, excluding NO2 is 1. The molecule has 1 heterocycles. The highest BCUT2D eigenvalue weighted by molar-refractivity contribution is 7.36. The fourth-order valence-electron chi connectivity index (χ4n) is 4.91. The van der Waals surface area contributed by atoms with Crippen LogP contribution < -0.4 is 0 Å². The summed E-state index contributed by atoms with van der Waals surface area (Å²) in [4.78, 5) is 13.6. The van der Waals surface area contributed by atoms with Crippen LogP contribution in [-0.4, -0.2) is 37.8 Å². The van der Waals surface area contributed by atoms with Gasteiger partial charge in [-0.15, -0.1) is 4.91 Å². The lowest BCUT2D eigenvalue weighted by molar-refractivity contribution is 0.0288. The van der Waals surface area contributed by atoms with Crippen LogP contribution in [0.3, 0.4) is 0 Å². The summed E-state index contributed by atoms with van der Waals surface area (Å²) in [5.41, 5.74) is 0. The smallest absolute Gasteiger partial charge is 0.139 e. The molecule has 6 heteroatoms. The average Bonchev–Trinajstić information content (AvgIpc) is 3.03. The Hall–Kier alpha value is 0.0149. The fourth-order valence-corrected chi connectivity index (χ4v) is 5.76. The van der Waals surface area contributed by atoms with Gasteiger partial charge in [0.25, 0.3) is 0 Å². The van der Waals surface area contributed by atoms with Crippen LogP contribution in [0.25, 0.3) is 0 Å². The normalized spacial score (nSPS) is 24.6. The van der Waals surface area contributed by atoms with Gasteiger partial charge in [-0.05, 0) is 24.4 Å². The number of unbranched alkanes of at least 4 members (excludes halogenated alkanes) is 14. The van der Waals surface area contributed by atoms with E-state index in [0.29, 0.717) is 11.8 Å². The summed E-state index contributed by atoms with van der Waals surface area (Å²) in [6, 6.07) is 0.195. The van der Waals surface area contributed by atoms with Gasteiger partial charge >= 0.3 is 0 Å². The van der Waals surface area contributed by atoms with Gasteiger partial charge in [0.2, 0.25) is 0 Å². The molecule has 5 atom stereocenters. The van der Waals surface area contributed by atoms with Crippen molar-refractivity contribution in [1.82, 2.24) is 0 Å². The first-order valence-corrected chi connectivity index (χ1v) is 13.7. The van der Waals surface area contributed by atoms with E-state index in [1.807, 2.05) is 0 Å². The highest BCUT2D eigenvalue weighted by Gasteiger charge is 2.40. The molecule has 0 aromatic carbocycles. The lowest BCUT2D eigenvalue weighted by Gasteiger charge is -2.21. The van der Waals surface area contributed by atoms with E-state index in [2.05, 4.69) is 19.7 Å². The molecule has 0 saturated carbocycles. The van der Waals surface area contributed by atoms with Gasteiger partial charge in [0.1, 0.15) is 7.85 Å². The number of hydrogen-bond acceptors (Lipinski definition) is 4. The molecule has 0 bridgehead atoms. The van der Waals surface area contributed by atoms with Crippen LogP contribution in [0.5, 0.6) is 0 Å². The van der Waals surface area contributed by atoms with Gasteiger partial charge < -0.3 is 9.84 Å². The molecule has 0 aromatic heterocycles. The van der Waals surface area contributed by atoms with Crippen molar-refractivity contribution in [3.63, 3.8) is 0 Å². The number of aliphatic hydroxyl groups is 1. The number of aliphatic hydroxyl groups excluding tert-OH is 1. The van der Waals surface area contributed by atoms with Crippen LogP contribution in [-0.2, 0) is 4.74 Å². The third-order valence-electron chi connectivity index (χ3n) is 6.73.